The third kappa shape index (κ3) is 3.50. The number of hydrogen-bond donors (Lipinski definition) is 0. The van der Waals surface area contributed by atoms with Crippen molar-refractivity contribution in [2.75, 3.05) is 0 Å². The third-order valence-electron chi connectivity index (χ3n) is 4.42. The van der Waals surface area contributed by atoms with E-state index in [1.54, 1.807) is 24.3 Å². The van der Waals surface area contributed by atoms with Crippen LogP contribution in [-0.2, 0) is 11.3 Å². The van der Waals surface area contributed by atoms with Crippen LogP contribution in [0.15, 0.2) is 48.5 Å². The van der Waals surface area contributed by atoms with Crippen LogP contribution in [0.2, 0.25) is 0 Å². The first kappa shape index (κ1) is 17.0. The smallest absolute Gasteiger partial charge is 0.237 e. The Balaban J connectivity index is 2.06. The molecule has 5 nitrogen and oxygen atoms in total. The van der Waals surface area contributed by atoms with Crippen molar-refractivity contribution in [2.24, 2.45) is 0 Å². The standard InChI is InChI=1S/C18H16F2N2O3/c19-13-6-7-15(20)14(10-13)18-16(22(24)25)8-9-17(23)21(18)11-12-4-2-1-3-5-12/h1-7,10,16,18H,8-9,11H2/t16-,18+/m0/s1. The summed E-state index contributed by atoms with van der Waals surface area (Å²) in [4.78, 5) is 24.7. The van der Waals surface area contributed by atoms with Gasteiger partial charge >= 0.3 is 0 Å². The van der Waals surface area contributed by atoms with Crippen molar-refractivity contribution in [2.45, 2.75) is 31.5 Å². The first-order chi connectivity index (χ1) is 12.0. The van der Waals surface area contributed by atoms with Gasteiger partial charge in [0.05, 0.1) is 0 Å². The van der Waals surface area contributed by atoms with Gasteiger partial charge in [0, 0.05) is 29.9 Å². The van der Waals surface area contributed by atoms with Crippen LogP contribution in [0.25, 0.3) is 0 Å². The summed E-state index contributed by atoms with van der Waals surface area (Å²) in [6.07, 6.45) is 0.00363. The number of nitro groups is 1. The fourth-order valence-corrected chi connectivity index (χ4v) is 3.24. The Bertz CT molecular complexity index is 798. The van der Waals surface area contributed by atoms with Crippen molar-refractivity contribution >= 4 is 5.91 Å². The zero-order chi connectivity index (χ0) is 18.0. The zero-order valence-electron chi connectivity index (χ0n) is 13.3. The Kier molecular flexibility index (Phi) is 4.74. The van der Waals surface area contributed by atoms with Gasteiger partial charge in [-0.15, -0.1) is 0 Å². The molecule has 0 bridgehead atoms. The lowest BCUT2D eigenvalue weighted by Crippen LogP contribution is -2.48. The number of piperidine rings is 1. The summed E-state index contributed by atoms with van der Waals surface area (Å²) < 4.78 is 27.9. The summed E-state index contributed by atoms with van der Waals surface area (Å²) in [5.41, 5.74) is 0.604. The monoisotopic (exact) mass is 346 g/mol. The summed E-state index contributed by atoms with van der Waals surface area (Å²) in [6.45, 7) is 0.102. The van der Waals surface area contributed by atoms with E-state index in [2.05, 4.69) is 0 Å². The largest absolute Gasteiger partial charge is 0.324 e. The Hall–Kier alpha value is -2.83. The van der Waals surface area contributed by atoms with Gasteiger partial charge in [0.2, 0.25) is 11.9 Å². The summed E-state index contributed by atoms with van der Waals surface area (Å²) in [5.74, 6) is -1.77. The van der Waals surface area contributed by atoms with Crippen LogP contribution < -0.4 is 0 Å². The van der Waals surface area contributed by atoms with E-state index in [4.69, 9.17) is 0 Å². The Morgan fingerprint density at radius 1 is 1.16 bits per heavy atom. The van der Waals surface area contributed by atoms with Gasteiger partial charge < -0.3 is 4.90 Å². The summed E-state index contributed by atoms with van der Waals surface area (Å²) >= 11 is 0. The predicted octanol–water partition coefficient (Wildman–Crippen LogP) is 3.47. The molecule has 2 atom stereocenters. The highest BCUT2D eigenvalue weighted by atomic mass is 19.1. The van der Waals surface area contributed by atoms with Gasteiger partial charge in [-0.05, 0) is 23.8 Å². The zero-order valence-corrected chi connectivity index (χ0v) is 13.3. The fourth-order valence-electron chi connectivity index (χ4n) is 3.24. The quantitative estimate of drug-likeness (QED) is 0.629. The molecule has 0 aromatic heterocycles. The predicted molar refractivity (Wildman–Crippen MR) is 86.1 cm³/mol. The van der Waals surface area contributed by atoms with Gasteiger partial charge in [-0.25, -0.2) is 8.78 Å². The lowest BCUT2D eigenvalue weighted by Gasteiger charge is -2.37. The minimum Gasteiger partial charge on any atom is -0.324 e. The molecule has 2 aromatic rings. The SMILES string of the molecule is O=C1CC[C@H]([N+](=O)[O-])[C@@H](c2cc(F)ccc2F)N1Cc1ccccc1. The molecule has 3 rings (SSSR count). The molecule has 130 valence electrons. The summed E-state index contributed by atoms with van der Waals surface area (Å²) in [7, 11) is 0. The van der Waals surface area contributed by atoms with Gasteiger partial charge in [0.15, 0.2) is 0 Å². The van der Waals surface area contributed by atoms with Crippen molar-refractivity contribution in [3.8, 4) is 0 Å². The minimum absolute atomic E-state index is 0.00224. The highest BCUT2D eigenvalue weighted by Gasteiger charge is 2.45. The number of hydrogen-bond acceptors (Lipinski definition) is 3. The first-order valence-corrected chi connectivity index (χ1v) is 7.89. The van der Waals surface area contributed by atoms with Crippen LogP contribution in [-0.4, -0.2) is 21.8 Å². The topological polar surface area (TPSA) is 63.4 Å². The highest BCUT2D eigenvalue weighted by molar-refractivity contribution is 5.78. The molecule has 0 saturated carbocycles. The van der Waals surface area contributed by atoms with Gasteiger partial charge in [-0.1, -0.05) is 30.3 Å². The van der Waals surface area contributed by atoms with Crippen molar-refractivity contribution in [3.05, 3.63) is 81.4 Å². The molecule has 1 fully saturated rings. The van der Waals surface area contributed by atoms with Crippen molar-refractivity contribution in [3.63, 3.8) is 0 Å². The minimum atomic E-state index is -1.18. The average Bonchev–Trinajstić information content (AvgIpc) is 2.59. The number of nitrogens with zero attached hydrogens (tertiary/aromatic N) is 2. The van der Waals surface area contributed by atoms with E-state index >= 15 is 0 Å². The summed E-state index contributed by atoms with van der Waals surface area (Å²) in [6, 6.07) is 9.43. The third-order valence-corrected chi connectivity index (χ3v) is 4.42. The number of likely N-dealkylation sites (tertiary alicyclic amines) is 1. The Morgan fingerprint density at radius 2 is 1.88 bits per heavy atom. The average molecular weight is 346 g/mol. The first-order valence-electron chi connectivity index (χ1n) is 7.89. The normalized spacial score (nSPS) is 20.6. The second-order valence-electron chi connectivity index (χ2n) is 6.01. The molecule has 1 saturated heterocycles. The van der Waals surface area contributed by atoms with Gasteiger partial charge in [0.25, 0.3) is 0 Å². The number of halogens is 2. The van der Waals surface area contributed by atoms with Crippen LogP contribution in [0.1, 0.15) is 30.0 Å². The number of rotatable bonds is 4. The second kappa shape index (κ2) is 6.96. The maximum atomic E-state index is 14.3. The molecule has 0 spiro atoms. The lowest BCUT2D eigenvalue weighted by molar-refractivity contribution is -0.534. The second-order valence-corrected chi connectivity index (χ2v) is 6.01. The van der Waals surface area contributed by atoms with E-state index in [0.717, 1.165) is 23.8 Å². The molecule has 1 heterocycles. The molecule has 1 aliphatic heterocycles. The molecule has 7 heteroatoms. The van der Waals surface area contributed by atoms with Crippen LogP contribution in [0.5, 0.6) is 0 Å². The molecule has 0 N–H and O–H groups in total. The van der Waals surface area contributed by atoms with Crippen LogP contribution in [0, 0.1) is 21.7 Å². The molecule has 0 unspecified atom stereocenters. The van der Waals surface area contributed by atoms with Crippen LogP contribution in [0.4, 0.5) is 8.78 Å². The van der Waals surface area contributed by atoms with E-state index in [9.17, 15) is 23.7 Å². The summed E-state index contributed by atoms with van der Waals surface area (Å²) in [5, 5.41) is 11.5. The Morgan fingerprint density at radius 3 is 2.56 bits per heavy atom. The van der Waals surface area contributed by atoms with E-state index in [0.29, 0.717) is 0 Å². The van der Waals surface area contributed by atoms with Crippen molar-refractivity contribution in [1.29, 1.82) is 0 Å². The maximum Gasteiger partial charge on any atom is 0.237 e. The van der Waals surface area contributed by atoms with Gasteiger partial charge in [-0.3, -0.25) is 14.9 Å². The molecule has 1 amide bonds. The molecule has 1 aliphatic rings. The number of carbonyl (C=O) groups excluding carboxylic acids is 1. The molecule has 0 radical (unpaired) electrons. The number of benzene rings is 2. The van der Waals surface area contributed by atoms with Gasteiger partial charge in [-0.2, -0.15) is 0 Å². The molecular formula is C18H16F2N2O3. The number of carbonyl (C=O) groups is 1. The van der Waals surface area contributed by atoms with Gasteiger partial charge in [0.1, 0.15) is 17.7 Å². The molecular weight excluding hydrogens is 330 g/mol. The van der Waals surface area contributed by atoms with Crippen LogP contribution in [0.3, 0.4) is 0 Å². The van der Waals surface area contributed by atoms with E-state index < -0.39 is 28.6 Å². The van der Waals surface area contributed by atoms with E-state index in [1.165, 1.54) is 4.90 Å². The maximum absolute atomic E-state index is 14.3. The fraction of sp³-hybridized carbons (Fsp3) is 0.278. The molecule has 2 aromatic carbocycles. The van der Waals surface area contributed by atoms with E-state index in [1.807, 2.05) is 6.07 Å². The highest BCUT2D eigenvalue weighted by Crippen LogP contribution is 2.36. The Labute approximate surface area is 143 Å². The van der Waals surface area contributed by atoms with Crippen LogP contribution >= 0.6 is 0 Å². The van der Waals surface area contributed by atoms with Crippen molar-refractivity contribution in [1.82, 2.24) is 4.90 Å². The number of amides is 1. The molecule has 25 heavy (non-hydrogen) atoms. The molecule has 0 aliphatic carbocycles. The van der Waals surface area contributed by atoms with E-state index in [-0.39, 0.29) is 30.9 Å². The van der Waals surface area contributed by atoms with Crippen molar-refractivity contribution < 1.29 is 18.5 Å². The lowest BCUT2D eigenvalue weighted by atomic mass is 9.89.